The van der Waals surface area contributed by atoms with E-state index in [2.05, 4.69) is 49.2 Å². The van der Waals surface area contributed by atoms with Crippen LogP contribution < -0.4 is 11.5 Å². The molecule has 1 aromatic heterocycles. The van der Waals surface area contributed by atoms with E-state index in [9.17, 15) is 0 Å². The van der Waals surface area contributed by atoms with Crippen LogP contribution in [0.5, 0.6) is 0 Å². The molecule has 0 amide bonds. The van der Waals surface area contributed by atoms with Crippen molar-refractivity contribution < 1.29 is 0 Å². The van der Waals surface area contributed by atoms with Gasteiger partial charge in [0.05, 0.1) is 17.1 Å². The highest BCUT2D eigenvalue weighted by Gasteiger charge is 2.11. The molecule has 2 aromatic carbocycles. The molecule has 0 atom stereocenters. The number of benzene rings is 2. The van der Waals surface area contributed by atoms with Crippen LogP contribution in [0.1, 0.15) is 25.3 Å². The fourth-order valence-electron chi connectivity index (χ4n) is 2.66. The van der Waals surface area contributed by atoms with Gasteiger partial charge in [0, 0.05) is 17.3 Å². The molecule has 1 heterocycles. The standard InChI is InChI=1S/C20H21N3/c1-13(2)14-5-3-6-16(11-14)20-17(7-4-10-23-20)15-8-9-18(21)19(22)12-15/h3-13H,21-22H2,1-2H3. The molecular formula is C20H21N3. The summed E-state index contributed by atoms with van der Waals surface area (Å²) < 4.78 is 0. The fraction of sp³-hybridized carbons (Fsp3) is 0.150. The van der Waals surface area contributed by atoms with Crippen molar-refractivity contribution in [2.45, 2.75) is 19.8 Å². The second-order valence-corrected chi connectivity index (χ2v) is 6.02. The van der Waals surface area contributed by atoms with E-state index in [0.29, 0.717) is 17.3 Å². The average molecular weight is 303 g/mol. The molecule has 116 valence electrons. The zero-order valence-electron chi connectivity index (χ0n) is 13.5. The van der Waals surface area contributed by atoms with Crippen molar-refractivity contribution in [1.82, 2.24) is 4.98 Å². The molecule has 0 unspecified atom stereocenters. The molecule has 3 nitrogen and oxygen atoms in total. The maximum absolute atomic E-state index is 5.97. The van der Waals surface area contributed by atoms with Gasteiger partial charge in [-0.15, -0.1) is 0 Å². The Labute approximate surface area is 137 Å². The van der Waals surface area contributed by atoms with Gasteiger partial charge in [0.15, 0.2) is 0 Å². The third-order valence-electron chi connectivity index (χ3n) is 4.03. The lowest BCUT2D eigenvalue weighted by atomic mass is 9.95. The summed E-state index contributed by atoms with van der Waals surface area (Å²) in [7, 11) is 0. The van der Waals surface area contributed by atoms with E-state index >= 15 is 0 Å². The van der Waals surface area contributed by atoms with Gasteiger partial charge in [-0.05, 0) is 41.3 Å². The van der Waals surface area contributed by atoms with Gasteiger partial charge in [-0.3, -0.25) is 4.98 Å². The Morgan fingerprint density at radius 2 is 1.65 bits per heavy atom. The van der Waals surface area contributed by atoms with Crippen LogP contribution in [0.3, 0.4) is 0 Å². The molecule has 0 radical (unpaired) electrons. The Hall–Kier alpha value is -2.81. The smallest absolute Gasteiger partial charge is 0.0780 e. The van der Waals surface area contributed by atoms with Crippen molar-refractivity contribution in [2.75, 3.05) is 11.5 Å². The van der Waals surface area contributed by atoms with Crippen molar-refractivity contribution >= 4 is 11.4 Å². The topological polar surface area (TPSA) is 64.9 Å². The molecule has 0 saturated carbocycles. The summed E-state index contributed by atoms with van der Waals surface area (Å²) in [6, 6.07) is 18.3. The first-order valence-electron chi connectivity index (χ1n) is 7.77. The SMILES string of the molecule is CC(C)c1cccc(-c2ncccc2-c2ccc(N)c(N)c2)c1. The number of aromatic nitrogens is 1. The number of hydrogen-bond acceptors (Lipinski definition) is 3. The first kappa shape index (κ1) is 15.1. The van der Waals surface area contributed by atoms with Crippen LogP contribution in [0.4, 0.5) is 11.4 Å². The summed E-state index contributed by atoms with van der Waals surface area (Å²) in [6.45, 7) is 4.39. The summed E-state index contributed by atoms with van der Waals surface area (Å²) in [5, 5.41) is 0. The highest BCUT2D eigenvalue weighted by Crippen LogP contribution is 2.33. The Morgan fingerprint density at radius 3 is 2.39 bits per heavy atom. The quantitative estimate of drug-likeness (QED) is 0.689. The molecule has 23 heavy (non-hydrogen) atoms. The fourth-order valence-corrected chi connectivity index (χ4v) is 2.66. The van der Waals surface area contributed by atoms with Crippen LogP contribution in [0.25, 0.3) is 22.4 Å². The number of anilines is 2. The molecule has 3 rings (SSSR count). The van der Waals surface area contributed by atoms with Gasteiger partial charge in [-0.25, -0.2) is 0 Å². The van der Waals surface area contributed by atoms with Crippen LogP contribution in [0, 0.1) is 0 Å². The van der Waals surface area contributed by atoms with E-state index in [4.69, 9.17) is 11.5 Å². The molecule has 0 aliphatic rings. The largest absolute Gasteiger partial charge is 0.397 e. The Bertz CT molecular complexity index is 838. The molecule has 0 aliphatic carbocycles. The minimum absolute atomic E-state index is 0.481. The predicted molar refractivity (Wildman–Crippen MR) is 98.0 cm³/mol. The maximum atomic E-state index is 5.97. The number of hydrogen-bond donors (Lipinski definition) is 2. The van der Waals surface area contributed by atoms with Gasteiger partial charge >= 0.3 is 0 Å². The number of pyridine rings is 1. The molecular weight excluding hydrogens is 282 g/mol. The van der Waals surface area contributed by atoms with Gasteiger partial charge in [0.25, 0.3) is 0 Å². The summed E-state index contributed by atoms with van der Waals surface area (Å²) >= 11 is 0. The van der Waals surface area contributed by atoms with Crippen LogP contribution in [0.2, 0.25) is 0 Å². The second kappa shape index (κ2) is 6.13. The molecule has 3 heteroatoms. The minimum Gasteiger partial charge on any atom is -0.397 e. The second-order valence-electron chi connectivity index (χ2n) is 6.02. The third-order valence-corrected chi connectivity index (χ3v) is 4.03. The lowest BCUT2D eigenvalue weighted by Gasteiger charge is -2.12. The third kappa shape index (κ3) is 3.04. The summed E-state index contributed by atoms with van der Waals surface area (Å²) in [5.41, 5.74) is 18.4. The monoisotopic (exact) mass is 303 g/mol. The predicted octanol–water partition coefficient (Wildman–Crippen LogP) is 4.70. The molecule has 0 fully saturated rings. The molecule has 0 aliphatic heterocycles. The summed E-state index contributed by atoms with van der Waals surface area (Å²) in [6.07, 6.45) is 1.82. The molecule has 3 aromatic rings. The zero-order chi connectivity index (χ0) is 16.4. The number of nitrogen functional groups attached to an aromatic ring is 2. The lowest BCUT2D eigenvalue weighted by Crippen LogP contribution is -1.96. The molecule has 4 N–H and O–H groups in total. The number of nitrogens with zero attached hydrogens (tertiary/aromatic N) is 1. The van der Waals surface area contributed by atoms with E-state index in [1.165, 1.54) is 5.56 Å². The van der Waals surface area contributed by atoms with Crippen LogP contribution in [0.15, 0.2) is 60.8 Å². The van der Waals surface area contributed by atoms with Gasteiger partial charge in [0.1, 0.15) is 0 Å². The molecule has 0 saturated heterocycles. The van der Waals surface area contributed by atoms with Gasteiger partial charge in [-0.2, -0.15) is 0 Å². The van der Waals surface area contributed by atoms with E-state index in [0.717, 1.165) is 22.4 Å². The average Bonchev–Trinajstić information content (AvgIpc) is 2.57. The molecule has 0 spiro atoms. The highest BCUT2D eigenvalue weighted by molar-refractivity contribution is 5.84. The molecule has 0 bridgehead atoms. The number of rotatable bonds is 3. The first-order chi connectivity index (χ1) is 11.1. The first-order valence-corrected chi connectivity index (χ1v) is 7.77. The van der Waals surface area contributed by atoms with Crippen LogP contribution >= 0.6 is 0 Å². The van der Waals surface area contributed by atoms with Crippen molar-refractivity contribution in [3.05, 3.63) is 66.4 Å². The summed E-state index contributed by atoms with van der Waals surface area (Å²) in [5.74, 6) is 0.481. The minimum atomic E-state index is 0.481. The van der Waals surface area contributed by atoms with E-state index in [1.807, 2.05) is 30.5 Å². The van der Waals surface area contributed by atoms with E-state index in [-0.39, 0.29) is 0 Å². The van der Waals surface area contributed by atoms with E-state index in [1.54, 1.807) is 0 Å². The normalized spacial score (nSPS) is 10.9. The number of nitrogens with two attached hydrogens (primary N) is 2. The summed E-state index contributed by atoms with van der Waals surface area (Å²) in [4.78, 5) is 4.61. The highest BCUT2D eigenvalue weighted by atomic mass is 14.7. The van der Waals surface area contributed by atoms with Crippen molar-refractivity contribution in [1.29, 1.82) is 0 Å². The van der Waals surface area contributed by atoms with Crippen LogP contribution in [-0.4, -0.2) is 4.98 Å². The Kier molecular flexibility index (Phi) is 4.02. The van der Waals surface area contributed by atoms with Crippen LogP contribution in [-0.2, 0) is 0 Å². The van der Waals surface area contributed by atoms with Gasteiger partial charge in [0.2, 0.25) is 0 Å². The van der Waals surface area contributed by atoms with Gasteiger partial charge < -0.3 is 11.5 Å². The van der Waals surface area contributed by atoms with Crippen molar-refractivity contribution in [3.63, 3.8) is 0 Å². The van der Waals surface area contributed by atoms with E-state index < -0.39 is 0 Å². The zero-order valence-corrected chi connectivity index (χ0v) is 13.5. The lowest BCUT2D eigenvalue weighted by molar-refractivity contribution is 0.867. The maximum Gasteiger partial charge on any atom is 0.0780 e. The Balaban J connectivity index is 2.14. The van der Waals surface area contributed by atoms with Crippen molar-refractivity contribution in [3.8, 4) is 22.4 Å². The van der Waals surface area contributed by atoms with Crippen molar-refractivity contribution in [2.24, 2.45) is 0 Å². The van der Waals surface area contributed by atoms with Gasteiger partial charge in [-0.1, -0.05) is 44.2 Å². The Morgan fingerprint density at radius 1 is 0.826 bits per heavy atom.